The first-order valence-corrected chi connectivity index (χ1v) is 7.56. The highest BCUT2D eigenvalue weighted by molar-refractivity contribution is 4.85. The lowest BCUT2D eigenvalue weighted by molar-refractivity contribution is 0.0815. The van der Waals surface area contributed by atoms with Crippen molar-refractivity contribution in [1.29, 1.82) is 0 Å². The Morgan fingerprint density at radius 1 is 1.18 bits per heavy atom. The third-order valence-electron chi connectivity index (χ3n) is 3.99. The number of hydrogen-bond acceptors (Lipinski definition) is 2. The minimum atomic E-state index is 0.456. The number of rotatable bonds is 9. The second kappa shape index (κ2) is 8.93. The normalized spacial score (nSPS) is 26.3. The third-order valence-corrected chi connectivity index (χ3v) is 3.99. The second-order valence-electron chi connectivity index (χ2n) is 5.58. The zero-order valence-corrected chi connectivity index (χ0v) is 12.0. The Bertz CT molecular complexity index is 184. The molecule has 0 aromatic heterocycles. The number of methoxy groups -OCH3 is 1. The van der Waals surface area contributed by atoms with Gasteiger partial charge in [-0.1, -0.05) is 39.0 Å². The fourth-order valence-electron chi connectivity index (χ4n) is 2.90. The molecule has 0 saturated heterocycles. The summed E-state index contributed by atoms with van der Waals surface area (Å²) in [5.74, 6) is 0. The summed E-state index contributed by atoms with van der Waals surface area (Å²) in [5.41, 5.74) is 0. The van der Waals surface area contributed by atoms with Crippen LogP contribution in [0.1, 0.15) is 71.6 Å². The first-order valence-electron chi connectivity index (χ1n) is 7.56. The molecule has 1 saturated carbocycles. The molecule has 0 spiro atoms. The van der Waals surface area contributed by atoms with Crippen LogP contribution >= 0.6 is 0 Å². The molecule has 1 N–H and O–H groups in total. The quantitative estimate of drug-likeness (QED) is 0.618. The Kier molecular flexibility index (Phi) is 7.87. The molecule has 0 bridgehead atoms. The summed E-state index contributed by atoms with van der Waals surface area (Å²) in [6.45, 7) is 4.60. The van der Waals surface area contributed by atoms with Crippen LogP contribution in [-0.2, 0) is 4.74 Å². The molecule has 17 heavy (non-hydrogen) atoms. The summed E-state index contributed by atoms with van der Waals surface area (Å²) in [6.07, 6.45) is 12.5. The highest BCUT2D eigenvalue weighted by atomic mass is 16.5. The molecule has 102 valence electrons. The van der Waals surface area contributed by atoms with Crippen LogP contribution in [0.3, 0.4) is 0 Å². The molecule has 3 unspecified atom stereocenters. The minimum absolute atomic E-state index is 0.456. The van der Waals surface area contributed by atoms with E-state index < -0.39 is 0 Å². The van der Waals surface area contributed by atoms with E-state index in [1.165, 1.54) is 57.8 Å². The molecule has 0 aliphatic heterocycles. The topological polar surface area (TPSA) is 21.3 Å². The average molecular weight is 241 g/mol. The molecule has 0 radical (unpaired) electrons. The van der Waals surface area contributed by atoms with Crippen LogP contribution in [0.2, 0.25) is 0 Å². The summed E-state index contributed by atoms with van der Waals surface area (Å²) in [6, 6.07) is 1.25. The van der Waals surface area contributed by atoms with Gasteiger partial charge < -0.3 is 10.1 Å². The predicted molar refractivity (Wildman–Crippen MR) is 74.4 cm³/mol. The van der Waals surface area contributed by atoms with Gasteiger partial charge in [0.1, 0.15) is 0 Å². The zero-order valence-electron chi connectivity index (χ0n) is 12.0. The van der Waals surface area contributed by atoms with Crippen LogP contribution in [0.15, 0.2) is 0 Å². The van der Waals surface area contributed by atoms with Gasteiger partial charge in [-0.3, -0.25) is 0 Å². The van der Waals surface area contributed by atoms with E-state index in [4.69, 9.17) is 4.74 Å². The molecular formula is C15H31NO. The maximum absolute atomic E-state index is 5.52. The molecule has 2 heteroatoms. The van der Waals surface area contributed by atoms with Gasteiger partial charge in [-0.15, -0.1) is 0 Å². The predicted octanol–water partition coefficient (Wildman–Crippen LogP) is 3.89. The van der Waals surface area contributed by atoms with E-state index in [2.05, 4.69) is 19.2 Å². The van der Waals surface area contributed by atoms with E-state index in [-0.39, 0.29) is 0 Å². The van der Waals surface area contributed by atoms with Crippen LogP contribution in [0.5, 0.6) is 0 Å². The number of ether oxygens (including phenoxy) is 1. The van der Waals surface area contributed by atoms with Gasteiger partial charge in [0.25, 0.3) is 0 Å². The minimum Gasteiger partial charge on any atom is -0.380 e. The summed E-state index contributed by atoms with van der Waals surface area (Å²) in [7, 11) is 1.85. The molecule has 0 heterocycles. The monoisotopic (exact) mass is 241 g/mol. The lowest BCUT2D eigenvalue weighted by Gasteiger charge is -2.24. The molecular weight excluding hydrogens is 210 g/mol. The van der Waals surface area contributed by atoms with Crippen LogP contribution in [0.4, 0.5) is 0 Å². The van der Waals surface area contributed by atoms with Gasteiger partial charge in [0, 0.05) is 19.2 Å². The maximum Gasteiger partial charge on any atom is 0.0724 e. The molecule has 2 nitrogen and oxygen atoms in total. The Balaban J connectivity index is 2.05. The molecule has 1 aliphatic carbocycles. The Hall–Kier alpha value is -0.0800. The van der Waals surface area contributed by atoms with Crippen LogP contribution in [0, 0.1) is 0 Å². The summed E-state index contributed by atoms with van der Waals surface area (Å²) >= 11 is 0. The SMILES string of the molecule is CCCCCCCC(C)NC1CCCC1OC. The van der Waals surface area contributed by atoms with E-state index in [0.717, 1.165) is 0 Å². The highest BCUT2D eigenvalue weighted by Gasteiger charge is 2.27. The first-order chi connectivity index (χ1) is 8.27. The van der Waals surface area contributed by atoms with Crippen LogP contribution < -0.4 is 5.32 Å². The van der Waals surface area contributed by atoms with Crippen molar-refractivity contribution in [2.24, 2.45) is 0 Å². The average Bonchev–Trinajstić information content (AvgIpc) is 2.76. The molecule has 0 aromatic rings. The number of nitrogens with one attached hydrogen (secondary N) is 1. The van der Waals surface area contributed by atoms with Crippen molar-refractivity contribution in [3.05, 3.63) is 0 Å². The van der Waals surface area contributed by atoms with Gasteiger partial charge in [-0.25, -0.2) is 0 Å². The van der Waals surface area contributed by atoms with E-state index >= 15 is 0 Å². The zero-order chi connectivity index (χ0) is 12.5. The molecule has 1 rings (SSSR count). The van der Waals surface area contributed by atoms with E-state index in [1.807, 2.05) is 7.11 Å². The van der Waals surface area contributed by atoms with E-state index in [1.54, 1.807) is 0 Å². The van der Waals surface area contributed by atoms with Crippen LogP contribution in [0.25, 0.3) is 0 Å². The summed E-state index contributed by atoms with van der Waals surface area (Å²) in [4.78, 5) is 0. The third kappa shape index (κ3) is 5.87. The molecule has 3 atom stereocenters. The summed E-state index contributed by atoms with van der Waals surface area (Å²) < 4.78 is 5.52. The van der Waals surface area contributed by atoms with Gasteiger partial charge in [-0.2, -0.15) is 0 Å². The van der Waals surface area contributed by atoms with E-state index in [9.17, 15) is 0 Å². The van der Waals surface area contributed by atoms with Crippen molar-refractivity contribution < 1.29 is 4.74 Å². The highest BCUT2D eigenvalue weighted by Crippen LogP contribution is 2.22. The Labute approximate surface area is 108 Å². The van der Waals surface area contributed by atoms with Crippen molar-refractivity contribution in [2.45, 2.75) is 89.8 Å². The number of unbranched alkanes of at least 4 members (excludes halogenated alkanes) is 4. The lowest BCUT2D eigenvalue weighted by atomic mass is 10.1. The fraction of sp³-hybridized carbons (Fsp3) is 1.00. The largest absolute Gasteiger partial charge is 0.380 e. The Morgan fingerprint density at radius 3 is 2.65 bits per heavy atom. The molecule has 1 aliphatic rings. The van der Waals surface area contributed by atoms with Gasteiger partial charge >= 0.3 is 0 Å². The van der Waals surface area contributed by atoms with Gasteiger partial charge in [0.05, 0.1) is 6.10 Å². The number of hydrogen-bond donors (Lipinski definition) is 1. The van der Waals surface area contributed by atoms with Crippen molar-refractivity contribution in [3.8, 4) is 0 Å². The van der Waals surface area contributed by atoms with Gasteiger partial charge in [-0.05, 0) is 32.6 Å². The van der Waals surface area contributed by atoms with Gasteiger partial charge in [0.15, 0.2) is 0 Å². The van der Waals surface area contributed by atoms with Crippen molar-refractivity contribution in [2.75, 3.05) is 7.11 Å². The van der Waals surface area contributed by atoms with Crippen LogP contribution in [-0.4, -0.2) is 25.3 Å². The second-order valence-corrected chi connectivity index (χ2v) is 5.58. The smallest absolute Gasteiger partial charge is 0.0724 e. The maximum atomic E-state index is 5.52. The van der Waals surface area contributed by atoms with Crippen molar-refractivity contribution in [3.63, 3.8) is 0 Å². The van der Waals surface area contributed by atoms with Crippen molar-refractivity contribution in [1.82, 2.24) is 5.32 Å². The lowest BCUT2D eigenvalue weighted by Crippen LogP contribution is -2.41. The molecule has 0 aromatic carbocycles. The van der Waals surface area contributed by atoms with Crippen molar-refractivity contribution >= 4 is 0 Å². The molecule has 1 fully saturated rings. The molecule has 0 amide bonds. The first kappa shape index (κ1) is 15.0. The van der Waals surface area contributed by atoms with E-state index in [0.29, 0.717) is 18.2 Å². The fourth-order valence-corrected chi connectivity index (χ4v) is 2.90. The standard InChI is InChI=1S/C15H31NO/c1-4-5-6-7-8-10-13(2)16-14-11-9-12-15(14)17-3/h13-16H,4-12H2,1-3H3. The summed E-state index contributed by atoms with van der Waals surface area (Å²) in [5, 5.41) is 3.75. The van der Waals surface area contributed by atoms with Gasteiger partial charge in [0.2, 0.25) is 0 Å². The Morgan fingerprint density at radius 2 is 1.94 bits per heavy atom.